The molecule has 2 aliphatic rings. The molecule has 0 radical (unpaired) electrons. The monoisotopic (exact) mass is 530 g/mol. The van der Waals surface area contributed by atoms with Crippen LogP contribution in [0.2, 0.25) is 0 Å². The Kier molecular flexibility index (Phi) is 9.09. The molecule has 0 bridgehead atoms. The third-order valence-corrected chi connectivity index (χ3v) is 10.6. The molecule has 196 valence electrons. The van der Waals surface area contributed by atoms with Gasteiger partial charge in [0.15, 0.2) is 0 Å². The zero-order chi connectivity index (χ0) is 25.7. The van der Waals surface area contributed by atoms with Gasteiger partial charge in [-0.15, -0.1) is 0 Å². The van der Waals surface area contributed by atoms with Crippen LogP contribution in [0.15, 0.2) is 58.6 Å². The number of sulfonamides is 1. The van der Waals surface area contributed by atoms with Gasteiger partial charge < -0.3 is 5.32 Å². The molecule has 2 heterocycles. The zero-order valence-corrected chi connectivity index (χ0v) is 23.1. The minimum atomic E-state index is -3.59. The topological polar surface area (TPSA) is 82.6 Å². The molecule has 0 unspecified atom stereocenters. The number of carbonyl (C=O) groups excluding carboxylic acids is 1. The van der Waals surface area contributed by atoms with Crippen molar-refractivity contribution in [2.75, 3.05) is 26.2 Å². The highest BCUT2D eigenvalue weighted by atomic mass is 32.2. The molecule has 9 heteroatoms. The Morgan fingerprint density at radius 2 is 1.81 bits per heavy atom. The lowest BCUT2D eigenvalue weighted by molar-refractivity contribution is -0.121. The summed E-state index contributed by atoms with van der Waals surface area (Å²) in [7, 11) is -3.59. The maximum absolute atomic E-state index is 13.2. The number of carbonyl (C=O) groups is 1. The molecule has 2 fully saturated rings. The number of nitrogens with zero attached hydrogens (tertiary/aromatic N) is 3. The summed E-state index contributed by atoms with van der Waals surface area (Å²) >= 11 is 1.36. The second kappa shape index (κ2) is 12.1. The highest BCUT2D eigenvalue weighted by Gasteiger charge is 2.31. The number of nitrogens with one attached hydrogen (secondary N) is 1. The second-order valence-electron chi connectivity index (χ2n) is 10.1. The van der Waals surface area contributed by atoms with Crippen molar-refractivity contribution in [3.63, 3.8) is 0 Å². The quantitative estimate of drug-likeness (QED) is 0.520. The van der Waals surface area contributed by atoms with E-state index in [0.29, 0.717) is 43.0 Å². The average Bonchev–Trinajstić information content (AvgIpc) is 2.88. The first-order chi connectivity index (χ1) is 17.2. The highest BCUT2D eigenvalue weighted by Crippen LogP contribution is 2.30. The Labute approximate surface area is 220 Å². The Bertz CT molecular complexity index is 1100. The van der Waals surface area contributed by atoms with Crippen LogP contribution in [-0.4, -0.2) is 66.0 Å². The summed E-state index contributed by atoms with van der Waals surface area (Å²) < 4.78 is 27.9. The average molecular weight is 531 g/mol. The number of benzene rings is 1. The van der Waals surface area contributed by atoms with E-state index in [-0.39, 0.29) is 22.1 Å². The molecule has 2 aromatic rings. The third kappa shape index (κ3) is 6.68. The van der Waals surface area contributed by atoms with E-state index in [4.69, 9.17) is 0 Å². The maximum Gasteiger partial charge on any atom is 0.244 e. The van der Waals surface area contributed by atoms with Crippen LogP contribution in [0, 0.1) is 11.8 Å². The first-order valence-electron chi connectivity index (χ1n) is 12.9. The molecule has 4 rings (SSSR count). The molecule has 1 aliphatic carbocycles. The lowest BCUT2D eigenvalue weighted by Gasteiger charge is -2.35. The van der Waals surface area contributed by atoms with Gasteiger partial charge in [-0.3, -0.25) is 9.69 Å². The number of hydrogen-bond donors (Lipinski definition) is 1. The van der Waals surface area contributed by atoms with Crippen LogP contribution in [0.1, 0.15) is 45.6 Å². The van der Waals surface area contributed by atoms with E-state index < -0.39 is 10.0 Å². The Balaban J connectivity index is 1.29. The fourth-order valence-corrected chi connectivity index (χ4v) is 7.19. The lowest BCUT2D eigenvalue weighted by atomic mass is 9.78. The molecule has 1 saturated carbocycles. The van der Waals surface area contributed by atoms with Gasteiger partial charge in [-0.05, 0) is 42.9 Å². The predicted molar refractivity (Wildman–Crippen MR) is 144 cm³/mol. The zero-order valence-electron chi connectivity index (χ0n) is 21.5. The maximum atomic E-state index is 13.2. The molecule has 1 saturated heterocycles. The van der Waals surface area contributed by atoms with Gasteiger partial charge in [0.1, 0.15) is 4.90 Å². The number of piperazine rings is 1. The van der Waals surface area contributed by atoms with Crippen LogP contribution in [0.25, 0.3) is 0 Å². The van der Waals surface area contributed by atoms with Gasteiger partial charge in [0.25, 0.3) is 0 Å². The molecule has 1 aromatic heterocycles. The molecular weight excluding hydrogens is 492 g/mol. The number of hydrogen-bond acceptors (Lipinski definition) is 6. The molecule has 7 nitrogen and oxygen atoms in total. The molecular formula is C27H38N4O3S2. The van der Waals surface area contributed by atoms with Gasteiger partial charge in [-0.1, -0.05) is 68.8 Å². The molecule has 1 amide bonds. The van der Waals surface area contributed by atoms with E-state index >= 15 is 0 Å². The van der Waals surface area contributed by atoms with Crippen molar-refractivity contribution in [1.29, 1.82) is 0 Å². The van der Waals surface area contributed by atoms with Gasteiger partial charge in [-0.2, -0.15) is 4.31 Å². The largest absolute Gasteiger partial charge is 0.352 e. The summed E-state index contributed by atoms with van der Waals surface area (Å²) in [4.78, 5) is 19.6. The van der Waals surface area contributed by atoms with Crippen LogP contribution in [-0.2, 0) is 21.4 Å². The van der Waals surface area contributed by atoms with Crippen LogP contribution in [0.5, 0.6) is 0 Å². The molecule has 0 spiro atoms. The molecule has 4 atom stereocenters. The summed E-state index contributed by atoms with van der Waals surface area (Å²) in [6, 6.07) is 13.8. The molecule has 1 N–H and O–H groups in total. The van der Waals surface area contributed by atoms with Gasteiger partial charge >= 0.3 is 0 Å². The Morgan fingerprint density at radius 1 is 1.08 bits per heavy atom. The highest BCUT2D eigenvalue weighted by molar-refractivity contribution is 8.00. The van der Waals surface area contributed by atoms with Crippen molar-refractivity contribution < 1.29 is 13.2 Å². The summed E-state index contributed by atoms with van der Waals surface area (Å²) in [5.74, 6) is 1.11. The van der Waals surface area contributed by atoms with Crippen LogP contribution in [0.4, 0.5) is 0 Å². The van der Waals surface area contributed by atoms with Gasteiger partial charge in [0.05, 0.1) is 10.3 Å². The fraction of sp³-hybridized carbons (Fsp3) is 0.556. The first kappa shape index (κ1) is 27.1. The number of rotatable bonds is 8. The van der Waals surface area contributed by atoms with Crippen molar-refractivity contribution in [2.24, 2.45) is 11.8 Å². The van der Waals surface area contributed by atoms with Crippen molar-refractivity contribution in [1.82, 2.24) is 19.5 Å². The molecule has 1 aliphatic heterocycles. The normalized spacial score (nSPS) is 24.8. The van der Waals surface area contributed by atoms with Crippen LogP contribution < -0.4 is 5.32 Å². The van der Waals surface area contributed by atoms with Crippen LogP contribution in [0.3, 0.4) is 0 Å². The number of amides is 1. The van der Waals surface area contributed by atoms with Gasteiger partial charge in [0.2, 0.25) is 15.9 Å². The minimum absolute atomic E-state index is 0.0119. The van der Waals surface area contributed by atoms with Gasteiger partial charge in [0, 0.05) is 45.0 Å². The predicted octanol–water partition coefficient (Wildman–Crippen LogP) is 4.01. The van der Waals surface area contributed by atoms with Crippen molar-refractivity contribution in [3.8, 4) is 0 Å². The Morgan fingerprint density at radius 3 is 2.47 bits per heavy atom. The van der Waals surface area contributed by atoms with E-state index in [2.05, 4.69) is 41.2 Å². The number of aromatic nitrogens is 1. The van der Waals surface area contributed by atoms with Gasteiger partial charge in [-0.25, -0.2) is 13.4 Å². The van der Waals surface area contributed by atoms with E-state index in [1.807, 2.05) is 25.1 Å². The fourth-order valence-electron chi connectivity index (χ4n) is 5.03. The van der Waals surface area contributed by atoms with E-state index in [0.717, 1.165) is 19.4 Å². The lowest BCUT2D eigenvalue weighted by Crippen LogP contribution is -2.48. The SMILES string of the molecule is C[C@H]1[C@H](C)CCC[C@H]1NC(=O)[C@H](C)Sc1ccc(S(=O)(=O)N2CCN(Cc3ccccc3)CC2)cn1. The van der Waals surface area contributed by atoms with Crippen molar-refractivity contribution >= 4 is 27.7 Å². The molecule has 1 aromatic carbocycles. The third-order valence-electron chi connectivity index (χ3n) is 7.63. The summed E-state index contributed by atoms with van der Waals surface area (Å²) in [5, 5.41) is 3.57. The van der Waals surface area contributed by atoms with Crippen molar-refractivity contribution in [3.05, 3.63) is 54.2 Å². The standard InChI is InChI=1S/C27H38N4O3S2/c1-20-8-7-11-25(21(20)2)29-27(32)22(3)35-26-13-12-24(18-28-26)36(33,34)31-16-14-30(15-17-31)19-23-9-5-4-6-10-23/h4-6,9-10,12-13,18,20-22,25H,7-8,11,14-17,19H2,1-3H3,(H,29,32)/t20-,21+,22+,25-/m1/s1. The second-order valence-corrected chi connectivity index (χ2v) is 13.4. The number of pyridine rings is 1. The van der Waals surface area contributed by atoms with E-state index in [1.165, 1.54) is 29.9 Å². The number of thioether (sulfide) groups is 1. The van der Waals surface area contributed by atoms with Crippen LogP contribution >= 0.6 is 11.8 Å². The molecule has 36 heavy (non-hydrogen) atoms. The Hall–Kier alpha value is -1.94. The van der Waals surface area contributed by atoms with E-state index in [1.54, 1.807) is 16.4 Å². The van der Waals surface area contributed by atoms with Crippen molar-refractivity contribution in [2.45, 2.75) is 67.8 Å². The first-order valence-corrected chi connectivity index (χ1v) is 15.3. The smallest absolute Gasteiger partial charge is 0.244 e. The summed E-state index contributed by atoms with van der Waals surface area (Å²) in [6.07, 6.45) is 4.82. The van der Waals surface area contributed by atoms with E-state index in [9.17, 15) is 13.2 Å². The summed E-state index contributed by atoms with van der Waals surface area (Å²) in [6.45, 7) is 9.48. The summed E-state index contributed by atoms with van der Waals surface area (Å²) in [5.41, 5.74) is 1.23. The minimum Gasteiger partial charge on any atom is -0.352 e.